The topological polar surface area (TPSA) is 66.4 Å². The Bertz CT molecular complexity index is 1070. The van der Waals surface area contributed by atoms with Gasteiger partial charge in [-0.15, -0.1) is 0 Å². The summed E-state index contributed by atoms with van der Waals surface area (Å²) in [4.78, 5) is 27.7. The first-order valence-electron chi connectivity index (χ1n) is 10.6. The van der Waals surface area contributed by atoms with Crippen molar-refractivity contribution in [1.29, 1.82) is 0 Å². The molecule has 1 aliphatic heterocycles. The monoisotopic (exact) mass is 416 g/mol. The maximum Gasteiger partial charge on any atom is 0.253 e. The maximum absolute atomic E-state index is 12.8. The lowest BCUT2D eigenvalue weighted by molar-refractivity contribution is -0.118. The van der Waals surface area contributed by atoms with Crippen molar-refractivity contribution in [2.75, 3.05) is 18.4 Å². The van der Waals surface area contributed by atoms with Crippen molar-refractivity contribution >= 4 is 17.5 Å². The molecule has 0 spiro atoms. The number of nitrogens with one attached hydrogen (secondary N) is 2. The summed E-state index contributed by atoms with van der Waals surface area (Å²) < 4.78 is 2.23. The van der Waals surface area contributed by atoms with Crippen LogP contribution in [0.3, 0.4) is 0 Å². The fourth-order valence-corrected chi connectivity index (χ4v) is 3.99. The average molecular weight is 417 g/mol. The van der Waals surface area contributed by atoms with E-state index in [0.29, 0.717) is 17.8 Å². The van der Waals surface area contributed by atoms with Crippen LogP contribution in [0.5, 0.6) is 0 Å². The number of para-hydroxylation sites is 1. The second-order valence-corrected chi connectivity index (χ2v) is 8.03. The smallest absolute Gasteiger partial charge is 0.253 e. The van der Waals surface area contributed by atoms with Crippen molar-refractivity contribution in [1.82, 2.24) is 14.8 Å². The number of nitrogens with zero attached hydrogens (tertiary/aromatic N) is 2. The molecule has 1 atom stereocenters. The third kappa shape index (κ3) is 4.86. The molecule has 6 nitrogen and oxygen atoms in total. The Morgan fingerprint density at radius 3 is 2.58 bits per heavy atom. The molecule has 0 fully saturated rings. The highest BCUT2D eigenvalue weighted by Gasteiger charge is 2.25. The highest BCUT2D eigenvalue weighted by atomic mass is 16.2. The van der Waals surface area contributed by atoms with Crippen LogP contribution in [0.15, 0.2) is 66.9 Å². The molecular formula is C25H28N4O2. The minimum atomic E-state index is -0.208. The standard InChI is InChI=1S/C25H28N4O2/c1-18-9-11-20(12-10-18)16-26-25(31)21-6-3-4-7-22(21)27-24(30)17-29-15-14-28-13-5-8-23(28)19(29)2/h3-13,19H,14-17H2,1-2H3,(H,26,31)(H,27,30). The van der Waals surface area contributed by atoms with Crippen molar-refractivity contribution in [2.45, 2.75) is 33.0 Å². The Morgan fingerprint density at radius 2 is 1.77 bits per heavy atom. The highest BCUT2D eigenvalue weighted by molar-refractivity contribution is 6.04. The number of hydrogen-bond donors (Lipinski definition) is 2. The molecular weight excluding hydrogens is 388 g/mol. The van der Waals surface area contributed by atoms with E-state index in [0.717, 1.165) is 18.7 Å². The van der Waals surface area contributed by atoms with E-state index in [4.69, 9.17) is 0 Å². The molecule has 3 aromatic rings. The van der Waals surface area contributed by atoms with Crippen molar-refractivity contribution in [2.24, 2.45) is 0 Å². The van der Waals surface area contributed by atoms with Crippen LogP contribution < -0.4 is 10.6 Å². The van der Waals surface area contributed by atoms with Crippen LogP contribution in [0.1, 0.15) is 40.1 Å². The number of aromatic nitrogens is 1. The lowest BCUT2D eigenvalue weighted by atomic mass is 10.1. The average Bonchev–Trinajstić information content (AvgIpc) is 3.25. The molecule has 6 heteroatoms. The van der Waals surface area contributed by atoms with E-state index in [-0.39, 0.29) is 24.4 Å². The first-order valence-corrected chi connectivity index (χ1v) is 10.6. The number of anilines is 1. The Kier molecular flexibility index (Phi) is 6.18. The summed E-state index contributed by atoms with van der Waals surface area (Å²) in [6.45, 7) is 6.55. The lowest BCUT2D eigenvalue weighted by Gasteiger charge is -2.34. The van der Waals surface area contributed by atoms with Crippen LogP contribution >= 0.6 is 0 Å². The van der Waals surface area contributed by atoms with Gasteiger partial charge in [-0.1, -0.05) is 42.0 Å². The lowest BCUT2D eigenvalue weighted by Crippen LogP contribution is -2.41. The second-order valence-electron chi connectivity index (χ2n) is 8.03. The van der Waals surface area contributed by atoms with E-state index in [9.17, 15) is 9.59 Å². The number of carbonyl (C=O) groups excluding carboxylic acids is 2. The van der Waals surface area contributed by atoms with Gasteiger partial charge in [0, 0.05) is 37.6 Å². The Balaban J connectivity index is 1.38. The molecule has 160 valence electrons. The molecule has 0 radical (unpaired) electrons. The van der Waals surface area contributed by atoms with Crippen LogP contribution in [0.25, 0.3) is 0 Å². The fraction of sp³-hybridized carbons (Fsp3) is 0.280. The summed E-state index contributed by atoms with van der Waals surface area (Å²) in [6, 6.07) is 19.5. The molecule has 1 unspecified atom stereocenters. The zero-order valence-electron chi connectivity index (χ0n) is 18.0. The van der Waals surface area contributed by atoms with Gasteiger partial charge >= 0.3 is 0 Å². The molecule has 1 aromatic heterocycles. The molecule has 2 heterocycles. The molecule has 2 aromatic carbocycles. The third-order valence-corrected chi connectivity index (χ3v) is 5.83. The van der Waals surface area contributed by atoms with Crippen molar-refractivity contribution in [3.63, 3.8) is 0 Å². The molecule has 0 saturated heterocycles. The number of benzene rings is 2. The molecule has 1 aliphatic rings. The normalized spacial score (nSPS) is 15.9. The first-order chi connectivity index (χ1) is 15.0. The number of amides is 2. The zero-order chi connectivity index (χ0) is 21.8. The summed E-state index contributed by atoms with van der Waals surface area (Å²) in [6.07, 6.45) is 2.08. The Hall–Kier alpha value is -3.38. The van der Waals surface area contributed by atoms with Gasteiger partial charge in [0.2, 0.25) is 5.91 Å². The number of rotatable bonds is 6. The van der Waals surface area contributed by atoms with E-state index < -0.39 is 0 Å². The molecule has 0 bridgehead atoms. The maximum atomic E-state index is 12.8. The van der Waals surface area contributed by atoms with Crippen LogP contribution in [-0.4, -0.2) is 34.4 Å². The molecule has 0 aliphatic carbocycles. The van der Waals surface area contributed by atoms with Crippen LogP contribution in [0.4, 0.5) is 5.69 Å². The van der Waals surface area contributed by atoms with E-state index in [2.05, 4.69) is 39.3 Å². The second kappa shape index (κ2) is 9.18. The molecule has 31 heavy (non-hydrogen) atoms. The Labute approximate surface area is 182 Å². The quantitative estimate of drug-likeness (QED) is 0.643. The van der Waals surface area contributed by atoms with Gasteiger partial charge in [0.05, 0.1) is 17.8 Å². The summed E-state index contributed by atoms with van der Waals surface area (Å²) in [5, 5.41) is 5.88. The number of aryl methyl sites for hydroxylation is 1. The first kappa shape index (κ1) is 20.9. The predicted octanol–water partition coefficient (Wildman–Crippen LogP) is 3.74. The van der Waals surface area contributed by atoms with E-state index >= 15 is 0 Å². The SMILES string of the molecule is Cc1ccc(CNC(=O)c2ccccc2NC(=O)CN2CCn3cccc3C2C)cc1. The molecule has 2 amide bonds. The van der Waals surface area contributed by atoms with Gasteiger partial charge in [0.1, 0.15) is 0 Å². The number of carbonyl (C=O) groups is 2. The van der Waals surface area contributed by atoms with Crippen LogP contribution in [-0.2, 0) is 17.9 Å². The van der Waals surface area contributed by atoms with Crippen molar-refractivity contribution in [3.8, 4) is 0 Å². The highest BCUT2D eigenvalue weighted by Crippen LogP contribution is 2.25. The number of fused-ring (bicyclic) bond motifs is 1. The summed E-state index contributed by atoms with van der Waals surface area (Å²) in [5.41, 5.74) is 4.42. The van der Waals surface area contributed by atoms with Crippen LogP contribution in [0.2, 0.25) is 0 Å². The van der Waals surface area contributed by atoms with Gasteiger partial charge in [-0.25, -0.2) is 0 Å². The van der Waals surface area contributed by atoms with E-state index in [1.165, 1.54) is 11.3 Å². The third-order valence-electron chi connectivity index (χ3n) is 5.83. The van der Waals surface area contributed by atoms with Gasteiger partial charge in [0.15, 0.2) is 0 Å². The number of hydrogen-bond acceptors (Lipinski definition) is 3. The van der Waals surface area contributed by atoms with Gasteiger partial charge in [0.25, 0.3) is 5.91 Å². The fourth-order valence-electron chi connectivity index (χ4n) is 3.99. The van der Waals surface area contributed by atoms with Crippen molar-refractivity contribution in [3.05, 3.63) is 89.2 Å². The van der Waals surface area contributed by atoms with Crippen molar-refractivity contribution < 1.29 is 9.59 Å². The van der Waals surface area contributed by atoms with Gasteiger partial charge in [-0.2, -0.15) is 0 Å². The Morgan fingerprint density at radius 1 is 1.00 bits per heavy atom. The zero-order valence-corrected chi connectivity index (χ0v) is 18.0. The minimum absolute atomic E-state index is 0.120. The van der Waals surface area contributed by atoms with Crippen LogP contribution in [0, 0.1) is 6.92 Å². The largest absolute Gasteiger partial charge is 0.349 e. The summed E-state index contributed by atoms with van der Waals surface area (Å²) >= 11 is 0. The molecule has 0 saturated carbocycles. The van der Waals surface area contributed by atoms with Gasteiger partial charge in [-0.05, 0) is 43.7 Å². The summed E-state index contributed by atoms with van der Waals surface area (Å²) in [5.74, 6) is -0.328. The predicted molar refractivity (Wildman–Crippen MR) is 122 cm³/mol. The molecule has 2 N–H and O–H groups in total. The molecule has 4 rings (SSSR count). The summed E-state index contributed by atoms with van der Waals surface area (Å²) in [7, 11) is 0. The van der Waals surface area contributed by atoms with Gasteiger partial charge < -0.3 is 15.2 Å². The van der Waals surface area contributed by atoms with E-state index in [1.54, 1.807) is 18.2 Å². The minimum Gasteiger partial charge on any atom is -0.349 e. The van der Waals surface area contributed by atoms with E-state index in [1.807, 2.05) is 43.3 Å². The van der Waals surface area contributed by atoms with Gasteiger partial charge in [-0.3, -0.25) is 14.5 Å².